The molecular formula is C7H11N3O2S. The second kappa shape index (κ2) is 4.88. The summed E-state index contributed by atoms with van der Waals surface area (Å²) in [6, 6.07) is 0. The van der Waals surface area contributed by atoms with E-state index in [4.69, 9.17) is 0 Å². The summed E-state index contributed by atoms with van der Waals surface area (Å²) in [7, 11) is 0.616. The first kappa shape index (κ1) is 10.1. The quantitative estimate of drug-likeness (QED) is 0.658. The van der Waals surface area contributed by atoms with E-state index in [0.29, 0.717) is 17.9 Å². The molecule has 72 valence electrons. The number of rotatable bonds is 5. The Hall–Kier alpha value is -1.01. The molecule has 0 aromatic carbocycles. The zero-order valence-electron chi connectivity index (χ0n) is 7.27. The number of aldehydes is 1. The summed E-state index contributed by atoms with van der Waals surface area (Å²) in [6.45, 7) is 0.543. The van der Waals surface area contributed by atoms with Crippen molar-refractivity contribution in [1.82, 2.24) is 14.5 Å². The van der Waals surface area contributed by atoms with Gasteiger partial charge in [0, 0.05) is 6.20 Å². The third-order valence-corrected chi connectivity index (χ3v) is 2.53. The van der Waals surface area contributed by atoms with Gasteiger partial charge in [0.15, 0.2) is 6.29 Å². The van der Waals surface area contributed by atoms with Crippen LogP contribution >= 0.6 is 0 Å². The predicted octanol–water partition coefficient (Wildman–Crippen LogP) is -0.421. The van der Waals surface area contributed by atoms with Crippen LogP contribution in [0.4, 0.5) is 0 Å². The van der Waals surface area contributed by atoms with Gasteiger partial charge in [-0.05, 0) is 7.05 Å². The Kier molecular flexibility index (Phi) is 3.78. The van der Waals surface area contributed by atoms with Crippen molar-refractivity contribution in [3.63, 3.8) is 0 Å². The molecule has 1 aromatic heterocycles. The molecule has 1 unspecified atom stereocenters. The SMILES string of the molecule is CNS(=O)CCn1cc(C=O)cn1. The van der Waals surface area contributed by atoms with E-state index in [1.807, 2.05) is 0 Å². The fourth-order valence-electron chi connectivity index (χ4n) is 0.841. The molecule has 13 heavy (non-hydrogen) atoms. The fourth-order valence-corrected chi connectivity index (χ4v) is 1.40. The topological polar surface area (TPSA) is 64.0 Å². The smallest absolute Gasteiger partial charge is 0.153 e. The Labute approximate surface area is 78.7 Å². The van der Waals surface area contributed by atoms with E-state index < -0.39 is 11.0 Å². The number of aryl methyl sites for hydroxylation is 1. The Balaban J connectivity index is 2.45. The minimum atomic E-state index is -1.02. The first-order valence-electron chi connectivity index (χ1n) is 3.79. The van der Waals surface area contributed by atoms with Crippen LogP contribution in [-0.4, -0.2) is 33.1 Å². The maximum Gasteiger partial charge on any atom is 0.153 e. The van der Waals surface area contributed by atoms with E-state index in [-0.39, 0.29) is 0 Å². The van der Waals surface area contributed by atoms with Crippen molar-refractivity contribution in [2.24, 2.45) is 0 Å². The van der Waals surface area contributed by atoms with Gasteiger partial charge >= 0.3 is 0 Å². The number of hydrogen-bond acceptors (Lipinski definition) is 3. The van der Waals surface area contributed by atoms with Crippen molar-refractivity contribution in [1.29, 1.82) is 0 Å². The number of carbonyl (C=O) groups is 1. The Morgan fingerprint density at radius 2 is 2.54 bits per heavy atom. The fraction of sp³-hybridized carbons (Fsp3) is 0.429. The van der Waals surface area contributed by atoms with Crippen molar-refractivity contribution < 1.29 is 9.00 Å². The molecule has 1 rings (SSSR count). The highest BCUT2D eigenvalue weighted by atomic mass is 32.2. The summed E-state index contributed by atoms with van der Waals surface area (Å²) in [5.74, 6) is 0.483. The number of hydrogen-bond donors (Lipinski definition) is 1. The Morgan fingerprint density at radius 1 is 1.77 bits per heavy atom. The standard InChI is InChI=1S/C7H11N3O2S/c1-8-13(12)3-2-10-5-7(6-11)4-9-10/h4-6,8H,2-3H2,1H3. The second-order valence-electron chi connectivity index (χ2n) is 2.41. The third-order valence-electron chi connectivity index (χ3n) is 1.52. The van der Waals surface area contributed by atoms with Crippen LogP contribution in [0.1, 0.15) is 10.4 Å². The van der Waals surface area contributed by atoms with Crippen LogP contribution < -0.4 is 4.72 Å². The molecule has 5 nitrogen and oxygen atoms in total. The van der Waals surface area contributed by atoms with Gasteiger partial charge in [0.05, 0.1) is 35.0 Å². The number of aromatic nitrogens is 2. The van der Waals surface area contributed by atoms with Gasteiger partial charge in [0.25, 0.3) is 0 Å². The third kappa shape index (κ3) is 3.08. The molecule has 0 amide bonds. The highest BCUT2D eigenvalue weighted by molar-refractivity contribution is 7.82. The molecule has 0 saturated carbocycles. The van der Waals surface area contributed by atoms with E-state index in [2.05, 4.69) is 9.82 Å². The normalized spacial score (nSPS) is 12.7. The second-order valence-corrected chi connectivity index (χ2v) is 3.92. The highest BCUT2D eigenvalue weighted by Crippen LogP contribution is 1.93. The summed E-state index contributed by atoms with van der Waals surface area (Å²) < 4.78 is 15.2. The lowest BCUT2D eigenvalue weighted by molar-refractivity contribution is 0.112. The van der Waals surface area contributed by atoms with Crippen molar-refractivity contribution in [3.05, 3.63) is 18.0 Å². The molecule has 0 saturated heterocycles. The van der Waals surface area contributed by atoms with Crippen molar-refractivity contribution in [2.45, 2.75) is 6.54 Å². The maximum atomic E-state index is 11.0. The average molecular weight is 201 g/mol. The van der Waals surface area contributed by atoms with Gasteiger partial charge < -0.3 is 0 Å². The van der Waals surface area contributed by atoms with Crippen molar-refractivity contribution >= 4 is 17.3 Å². The molecule has 1 heterocycles. The molecule has 0 radical (unpaired) electrons. The molecule has 1 atom stereocenters. The maximum absolute atomic E-state index is 11.0. The molecule has 0 spiro atoms. The Bertz CT molecular complexity index is 310. The lowest BCUT2D eigenvalue weighted by Crippen LogP contribution is -2.18. The number of nitrogens with one attached hydrogen (secondary N) is 1. The molecule has 0 bridgehead atoms. The first-order valence-corrected chi connectivity index (χ1v) is 5.11. The minimum absolute atomic E-state index is 0.483. The molecule has 1 aromatic rings. The first-order chi connectivity index (χ1) is 6.26. The van der Waals surface area contributed by atoms with E-state index in [1.165, 1.54) is 6.20 Å². The summed E-state index contributed by atoms with van der Waals surface area (Å²) in [6.07, 6.45) is 3.84. The summed E-state index contributed by atoms with van der Waals surface area (Å²) in [4.78, 5) is 10.3. The summed E-state index contributed by atoms with van der Waals surface area (Å²) in [5.41, 5.74) is 0.537. The van der Waals surface area contributed by atoms with E-state index in [0.717, 1.165) is 6.29 Å². The van der Waals surface area contributed by atoms with E-state index in [1.54, 1.807) is 17.9 Å². The molecule has 6 heteroatoms. The van der Waals surface area contributed by atoms with Crippen LogP contribution in [0.15, 0.2) is 12.4 Å². The Morgan fingerprint density at radius 3 is 3.08 bits per heavy atom. The molecule has 0 aliphatic rings. The number of nitrogens with zero attached hydrogens (tertiary/aromatic N) is 2. The highest BCUT2D eigenvalue weighted by Gasteiger charge is 1.99. The largest absolute Gasteiger partial charge is 0.298 e. The summed E-state index contributed by atoms with van der Waals surface area (Å²) in [5, 5.41) is 3.92. The van der Waals surface area contributed by atoms with Crippen LogP contribution in [0.3, 0.4) is 0 Å². The molecule has 0 fully saturated rings. The number of carbonyl (C=O) groups excluding carboxylic acids is 1. The van der Waals surface area contributed by atoms with Crippen molar-refractivity contribution in [3.8, 4) is 0 Å². The zero-order valence-corrected chi connectivity index (χ0v) is 8.08. The molecule has 0 aliphatic heterocycles. The minimum Gasteiger partial charge on any atom is -0.298 e. The van der Waals surface area contributed by atoms with Crippen molar-refractivity contribution in [2.75, 3.05) is 12.8 Å². The van der Waals surface area contributed by atoms with Crippen LogP contribution in [-0.2, 0) is 17.5 Å². The van der Waals surface area contributed by atoms with Gasteiger partial charge in [0.2, 0.25) is 0 Å². The van der Waals surface area contributed by atoms with Gasteiger partial charge in [-0.25, -0.2) is 8.93 Å². The van der Waals surface area contributed by atoms with E-state index in [9.17, 15) is 9.00 Å². The molecular weight excluding hydrogens is 190 g/mol. The van der Waals surface area contributed by atoms with Crippen LogP contribution in [0.2, 0.25) is 0 Å². The van der Waals surface area contributed by atoms with Gasteiger partial charge in [-0.1, -0.05) is 0 Å². The van der Waals surface area contributed by atoms with Gasteiger partial charge in [-0.2, -0.15) is 5.10 Å². The summed E-state index contributed by atoms with van der Waals surface area (Å²) >= 11 is 0. The van der Waals surface area contributed by atoms with Crippen LogP contribution in [0, 0.1) is 0 Å². The average Bonchev–Trinajstić information content (AvgIpc) is 2.61. The van der Waals surface area contributed by atoms with Crippen LogP contribution in [0.5, 0.6) is 0 Å². The van der Waals surface area contributed by atoms with E-state index >= 15 is 0 Å². The van der Waals surface area contributed by atoms with Crippen LogP contribution in [0.25, 0.3) is 0 Å². The lowest BCUT2D eigenvalue weighted by atomic mass is 10.4. The lowest BCUT2D eigenvalue weighted by Gasteiger charge is -1.99. The van der Waals surface area contributed by atoms with Gasteiger partial charge in [-0.15, -0.1) is 0 Å². The molecule has 1 N–H and O–H groups in total. The monoisotopic (exact) mass is 201 g/mol. The van der Waals surface area contributed by atoms with Gasteiger partial charge in [-0.3, -0.25) is 9.48 Å². The molecule has 0 aliphatic carbocycles. The predicted molar refractivity (Wildman–Crippen MR) is 49.7 cm³/mol. The van der Waals surface area contributed by atoms with Gasteiger partial charge in [0.1, 0.15) is 0 Å². The zero-order chi connectivity index (χ0) is 9.68.